The number of hydrogen-bond acceptors (Lipinski definition) is 5. The largest absolute Gasteiger partial charge is 0.255 e. The first kappa shape index (κ1) is 17.1. The first-order valence-electron chi connectivity index (χ1n) is 8.79. The molecule has 136 valence electrons. The zero-order valence-electron chi connectivity index (χ0n) is 14.8. The molecule has 3 aromatic rings. The minimum Gasteiger partial charge on any atom is -0.255 e. The van der Waals surface area contributed by atoms with Gasteiger partial charge in [0.1, 0.15) is 10.7 Å². The van der Waals surface area contributed by atoms with Crippen LogP contribution in [-0.2, 0) is 23.0 Å². The average molecular weight is 371 g/mol. The molecular weight excluding hydrogens is 350 g/mol. The van der Waals surface area contributed by atoms with Crippen molar-refractivity contribution < 1.29 is 8.42 Å². The van der Waals surface area contributed by atoms with Crippen molar-refractivity contribution in [1.29, 1.82) is 0 Å². The van der Waals surface area contributed by atoms with Crippen molar-refractivity contribution in [3.05, 3.63) is 47.7 Å². The van der Waals surface area contributed by atoms with Crippen molar-refractivity contribution in [3.63, 3.8) is 0 Å². The third kappa shape index (κ3) is 2.99. The van der Waals surface area contributed by atoms with Gasteiger partial charge in [0, 0.05) is 24.5 Å². The molecule has 3 heterocycles. The molecule has 0 radical (unpaired) electrons. The SMILES string of the molecule is CCc1nc2n(n1)CCCC2NS(=O)(=O)c1cccc2cc(C)cnc12. The van der Waals surface area contributed by atoms with Crippen LogP contribution in [0.25, 0.3) is 10.9 Å². The van der Waals surface area contributed by atoms with E-state index in [0.29, 0.717) is 17.8 Å². The van der Waals surface area contributed by atoms with Crippen LogP contribution in [0.15, 0.2) is 35.4 Å². The third-order valence-corrected chi connectivity index (χ3v) is 6.14. The fourth-order valence-corrected chi connectivity index (χ4v) is 4.78. The van der Waals surface area contributed by atoms with Gasteiger partial charge in [0.15, 0.2) is 5.82 Å². The molecule has 0 spiro atoms. The summed E-state index contributed by atoms with van der Waals surface area (Å²) in [5, 5.41) is 5.25. The molecule has 1 aromatic carbocycles. The lowest BCUT2D eigenvalue weighted by Gasteiger charge is -2.23. The molecule has 0 amide bonds. The van der Waals surface area contributed by atoms with Gasteiger partial charge in [-0.25, -0.2) is 22.8 Å². The number of para-hydroxylation sites is 1. The number of sulfonamides is 1. The van der Waals surface area contributed by atoms with Crippen LogP contribution < -0.4 is 4.72 Å². The molecule has 8 heteroatoms. The second-order valence-corrected chi connectivity index (χ2v) is 8.30. The van der Waals surface area contributed by atoms with Gasteiger partial charge in [-0.1, -0.05) is 19.1 Å². The molecule has 7 nitrogen and oxygen atoms in total. The Morgan fingerprint density at radius 2 is 2.19 bits per heavy atom. The van der Waals surface area contributed by atoms with E-state index in [1.165, 1.54) is 0 Å². The van der Waals surface area contributed by atoms with E-state index in [4.69, 9.17) is 0 Å². The summed E-state index contributed by atoms with van der Waals surface area (Å²) in [6.45, 7) is 4.70. The van der Waals surface area contributed by atoms with Crippen LogP contribution in [0.4, 0.5) is 0 Å². The van der Waals surface area contributed by atoms with Crippen LogP contribution in [-0.4, -0.2) is 28.2 Å². The molecule has 1 atom stereocenters. The van der Waals surface area contributed by atoms with Gasteiger partial charge < -0.3 is 0 Å². The van der Waals surface area contributed by atoms with Gasteiger partial charge in [-0.15, -0.1) is 0 Å². The van der Waals surface area contributed by atoms with E-state index in [2.05, 4.69) is 19.8 Å². The molecule has 1 aliphatic heterocycles. The highest BCUT2D eigenvalue weighted by Crippen LogP contribution is 2.27. The minimum absolute atomic E-state index is 0.197. The predicted molar refractivity (Wildman–Crippen MR) is 98.2 cm³/mol. The van der Waals surface area contributed by atoms with Gasteiger partial charge >= 0.3 is 0 Å². The number of hydrogen-bond donors (Lipinski definition) is 1. The Kier molecular flexibility index (Phi) is 4.24. The number of fused-ring (bicyclic) bond motifs is 2. The van der Waals surface area contributed by atoms with Crippen LogP contribution >= 0.6 is 0 Å². The van der Waals surface area contributed by atoms with Crippen LogP contribution in [0.1, 0.15) is 43.0 Å². The fraction of sp³-hybridized carbons (Fsp3) is 0.389. The van der Waals surface area contributed by atoms with Crippen molar-refractivity contribution in [2.75, 3.05) is 0 Å². The Labute approximate surface area is 152 Å². The fourth-order valence-electron chi connectivity index (χ4n) is 3.37. The van der Waals surface area contributed by atoms with Crippen molar-refractivity contribution in [2.45, 2.75) is 50.6 Å². The topological polar surface area (TPSA) is 89.8 Å². The summed E-state index contributed by atoms with van der Waals surface area (Å²) in [7, 11) is -3.73. The summed E-state index contributed by atoms with van der Waals surface area (Å²) in [6.07, 6.45) is 3.98. The van der Waals surface area contributed by atoms with E-state index in [-0.39, 0.29) is 10.9 Å². The van der Waals surface area contributed by atoms with Gasteiger partial charge in [-0.2, -0.15) is 5.10 Å². The van der Waals surface area contributed by atoms with Crippen molar-refractivity contribution in [1.82, 2.24) is 24.5 Å². The Hall–Kier alpha value is -2.32. The number of aromatic nitrogens is 4. The Morgan fingerprint density at radius 3 is 3.00 bits per heavy atom. The molecule has 0 aliphatic carbocycles. The molecule has 1 unspecified atom stereocenters. The molecule has 1 N–H and O–H groups in total. The highest BCUT2D eigenvalue weighted by Gasteiger charge is 2.29. The zero-order chi connectivity index (χ0) is 18.3. The first-order valence-corrected chi connectivity index (χ1v) is 10.3. The number of rotatable bonds is 4. The maximum atomic E-state index is 13.1. The molecule has 0 fully saturated rings. The van der Waals surface area contributed by atoms with Gasteiger partial charge in [0.2, 0.25) is 10.0 Å². The van der Waals surface area contributed by atoms with Crippen LogP contribution in [0, 0.1) is 6.92 Å². The molecule has 0 saturated carbocycles. The maximum Gasteiger partial charge on any atom is 0.243 e. The predicted octanol–water partition coefficient (Wildman–Crippen LogP) is 2.51. The first-order chi connectivity index (χ1) is 12.5. The smallest absolute Gasteiger partial charge is 0.243 e. The lowest BCUT2D eigenvalue weighted by atomic mass is 10.1. The lowest BCUT2D eigenvalue weighted by molar-refractivity contribution is 0.399. The number of aryl methyl sites for hydroxylation is 3. The van der Waals surface area contributed by atoms with E-state index >= 15 is 0 Å². The number of nitrogens with one attached hydrogen (secondary N) is 1. The second kappa shape index (κ2) is 6.44. The van der Waals surface area contributed by atoms with Gasteiger partial charge in [0.05, 0.1) is 11.6 Å². The van der Waals surface area contributed by atoms with Crippen LogP contribution in [0.2, 0.25) is 0 Å². The molecule has 1 aliphatic rings. The summed E-state index contributed by atoms with van der Waals surface area (Å²) in [5.74, 6) is 1.44. The highest BCUT2D eigenvalue weighted by molar-refractivity contribution is 7.89. The van der Waals surface area contributed by atoms with E-state index in [9.17, 15) is 8.42 Å². The van der Waals surface area contributed by atoms with Crippen LogP contribution in [0.5, 0.6) is 0 Å². The Balaban J connectivity index is 1.72. The van der Waals surface area contributed by atoms with E-state index in [1.807, 2.05) is 30.7 Å². The number of benzene rings is 1. The van der Waals surface area contributed by atoms with E-state index < -0.39 is 10.0 Å². The molecular formula is C18H21N5O2S. The number of nitrogens with zero attached hydrogens (tertiary/aromatic N) is 4. The van der Waals surface area contributed by atoms with Gasteiger partial charge in [-0.3, -0.25) is 4.98 Å². The number of pyridine rings is 1. The van der Waals surface area contributed by atoms with E-state index in [1.54, 1.807) is 18.3 Å². The van der Waals surface area contributed by atoms with Crippen molar-refractivity contribution >= 4 is 20.9 Å². The Morgan fingerprint density at radius 1 is 1.35 bits per heavy atom. The average Bonchev–Trinajstić information content (AvgIpc) is 3.05. The third-order valence-electron chi connectivity index (χ3n) is 4.63. The molecule has 4 rings (SSSR count). The van der Waals surface area contributed by atoms with E-state index in [0.717, 1.165) is 36.2 Å². The second-order valence-electron chi connectivity index (χ2n) is 6.62. The summed E-state index contributed by atoms with van der Waals surface area (Å²) in [4.78, 5) is 9.06. The quantitative estimate of drug-likeness (QED) is 0.761. The minimum atomic E-state index is -3.73. The standard InChI is InChI=1S/C18H21N5O2S/c1-3-16-20-18-14(7-5-9-23(18)21-16)22-26(24,25)15-8-4-6-13-10-12(2)11-19-17(13)15/h4,6,8,10-11,14,22H,3,5,7,9H2,1-2H3. The molecule has 2 aromatic heterocycles. The van der Waals surface area contributed by atoms with Crippen molar-refractivity contribution in [2.24, 2.45) is 0 Å². The zero-order valence-corrected chi connectivity index (χ0v) is 15.6. The van der Waals surface area contributed by atoms with Crippen LogP contribution in [0.3, 0.4) is 0 Å². The van der Waals surface area contributed by atoms with Gasteiger partial charge in [-0.05, 0) is 37.5 Å². The Bertz CT molecular complexity index is 1070. The monoisotopic (exact) mass is 371 g/mol. The molecule has 0 bridgehead atoms. The summed E-state index contributed by atoms with van der Waals surface area (Å²) in [6, 6.07) is 6.78. The molecule has 26 heavy (non-hydrogen) atoms. The van der Waals surface area contributed by atoms with Gasteiger partial charge in [0.25, 0.3) is 0 Å². The maximum absolute atomic E-state index is 13.1. The summed E-state index contributed by atoms with van der Waals surface area (Å²) >= 11 is 0. The van der Waals surface area contributed by atoms with Crippen molar-refractivity contribution in [3.8, 4) is 0 Å². The normalized spacial score (nSPS) is 17.4. The molecule has 0 saturated heterocycles. The highest BCUT2D eigenvalue weighted by atomic mass is 32.2. The summed E-state index contributed by atoms with van der Waals surface area (Å²) in [5.41, 5.74) is 1.48. The summed E-state index contributed by atoms with van der Waals surface area (Å²) < 4.78 is 30.8. The lowest BCUT2D eigenvalue weighted by Crippen LogP contribution is -2.33.